The third kappa shape index (κ3) is 4.66. The monoisotopic (exact) mass is 269 g/mol. The number of carbonyl (C=O) groups excluding carboxylic acids is 1. The molecule has 0 spiro atoms. The van der Waals surface area contributed by atoms with E-state index in [4.69, 9.17) is 5.11 Å². The van der Waals surface area contributed by atoms with Crippen LogP contribution in [0, 0.1) is 0 Å². The van der Waals surface area contributed by atoms with Crippen molar-refractivity contribution in [1.29, 1.82) is 0 Å². The summed E-state index contributed by atoms with van der Waals surface area (Å²) in [5.41, 5.74) is 0. The van der Waals surface area contributed by atoms with Gasteiger partial charge >= 0.3 is 6.03 Å². The zero-order chi connectivity index (χ0) is 13.7. The molecule has 2 fully saturated rings. The number of nitrogens with zero attached hydrogens (tertiary/aromatic N) is 2. The van der Waals surface area contributed by atoms with Gasteiger partial charge in [-0.15, -0.1) is 0 Å². The summed E-state index contributed by atoms with van der Waals surface area (Å²) in [4.78, 5) is 16.4. The van der Waals surface area contributed by atoms with Gasteiger partial charge in [-0.2, -0.15) is 0 Å². The summed E-state index contributed by atoms with van der Waals surface area (Å²) in [6.45, 7) is 5.81. The van der Waals surface area contributed by atoms with Gasteiger partial charge in [-0.3, -0.25) is 0 Å². The standard InChI is InChI=1S/C14H27N3O2/c1-12(11-16-7-3-2-4-8-16)15-14(19)17(9-10-18)13-5-6-13/h12-13,18H,2-11H2,1H3,(H,15,19). The molecule has 0 radical (unpaired) electrons. The highest BCUT2D eigenvalue weighted by Crippen LogP contribution is 2.26. The Morgan fingerprint density at radius 1 is 1.37 bits per heavy atom. The van der Waals surface area contributed by atoms with Crippen molar-refractivity contribution in [3.8, 4) is 0 Å². The number of urea groups is 1. The van der Waals surface area contributed by atoms with Gasteiger partial charge in [0.2, 0.25) is 0 Å². The first-order valence-corrected chi connectivity index (χ1v) is 7.61. The number of likely N-dealkylation sites (tertiary alicyclic amines) is 1. The molecule has 5 nitrogen and oxygen atoms in total. The fourth-order valence-electron chi connectivity index (χ4n) is 2.81. The van der Waals surface area contributed by atoms with E-state index in [2.05, 4.69) is 17.1 Å². The second kappa shape index (κ2) is 7.10. The van der Waals surface area contributed by atoms with E-state index in [-0.39, 0.29) is 18.7 Å². The quantitative estimate of drug-likeness (QED) is 0.757. The van der Waals surface area contributed by atoms with E-state index in [0.717, 1.165) is 32.5 Å². The molecule has 2 N–H and O–H groups in total. The van der Waals surface area contributed by atoms with Crippen LogP contribution in [0.4, 0.5) is 4.79 Å². The van der Waals surface area contributed by atoms with Crippen LogP contribution in [0.1, 0.15) is 39.0 Å². The Morgan fingerprint density at radius 2 is 2.05 bits per heavy atom. The Bertz CT molecular complexity index is 288. The van der Waals surface area contributed by atoms with Crippen LogP contribution in [-0.4, -0.2) is 65.8 Å². The van der Waals surface area contributed by atoms with E-state index in [1.165, 1.54) is 19.3 Å². The molecule has 110 valence electrons. The predicted octanol–water partition coefficient (Wildman–Crippen LogP) is 1.03. The maximum atomic E-state index is 12.2. The number of hydrogen-bond acceptors (Lipinski definition) is 3. The van der Waals surface area contributed by atoms with Crippen LogP contribution in [0.15, 0.2) is 0 Å². The third-order valence-corrected chi connectivity index (χ3v) is 3.94. The van der Waals surface area contributed by atoms with Crippen LogP contribution >= 0.6 is 0 Å². The lowest BCUT2D eigenvalue weighted by atomic mass is 10.1. The van der Waals surface area contributed by atoms with Crippen molar-refractivity contribution in [2.24, 2.45) is 0 Å². The van der Waals surface area contributed by atoms with Gasteiger partial charge in [-0.25, -0.2) is 4.79 Å². The summed E-state index contributed by atoms with van der Waals surface area (Å²) >= 11 is 0. The summed E-state index contributed by atoms with van der Waals surface area (Å²) in [7, 11) is 0. The second-order valence-electron chi connectivity index (χ2n) is 5.86. The largest absolute Gasteiger partial charge is 0.395 e. The number of carbonyl (C=O) groups is 1. The third-order valence-electron chi connectivity index (χ3n) is 3.94. The van der Waals surface area contributed by atoms with Crippen molar-refractivity contribution in [3.05, 3.63) is 0 Å². The summed E-state index contributed by atoms with van der Waals surface area (Å²) < 4.78 is 0. The normalized spacial score (nSPS) is 22.0. The van der Waals surface area contributed by atoms with Crippen molar-refractivity contribution in [2.75, 3.05) is 32.8 Å². The number of nitrogens with one attached hydrogen (secondary N) is 1. The van der Waals surface area contributed by atoms with Gasteiger partial charge in [-0.1, -0.05) is 6.42 Å². The van der Waals surface area contributed by atoms with Gasteiger partial charge in [0.25, 0.3) is 0 Å². The molecule has 1 atom stereocenters. The predicted molar refractivity (Wildman–Crippen MR) is 75.1 cm³/mol. The number of rotatable bonds is 6. The van der Waals surface area contributed by atoms with E-state index >= 15 is 0 Å². The van der Waals surface area contributed by atoms with E-state index < -0.39 is 0 Å². The minimum atomic E-state index is -0.0129. The molecule has 0 aromatic rings. The highest BCUT2D eigenvalue weighted by Gasteiger charge is 2.32. The van der Waals surface area contributed by atoms with Crippen LogP contribution < -0.4 is 5.32 Å². The summed E-state index contributed by atoms with van der Waals surface area (Å²) in [6.07, 6.45) is 6.05. The Hall–Kier alpha value is -0.810. The number of hydrogen-bond donors (Lipinski definition) is 2. The maximum Gasteiger partial charge on any atom is 0.317 e. The van der Waals surface area contributed by atoms with Crippen LogP contribution in [0.3, 0.4) is 0 Å². The molecule has 1 unspecified atom stereocenters. The zero-order valence-corrected chi connectivity index (χ0v) is 12.0. The first kappa shape index (κ1) is 14.6. The van der Waals surface area contributed by atoms with Gasteiger partial charge in [-0.05, 0) is 45.7 Å². The maximum absolute atomic E-state index is 12.2. The molecule has 2 rings (SSSR count). The molecule has 2 amide bonds. The van der Waals surface area contributed by atoms with E-state index in [0.29, 0.717) is 12.6 Å². The van der Waals surface area contributed by atoms with Gasteiger partial charge in [0.15, 0.2) is 0 Å². The molecule has 0 aromatic carbocycles. The molecular formula is C14H27N3O2. The first-order valence-electron chi connectivity index (χ1n) is 7.61. The molecule has 5 heteroatoms. The minimum Gasteiger partial charge on any atom is -0.395 e. The molecular weight excluding hydrogens is 242 g/mol. The Kier molecular flexibility index (Phi) is 5.45. The molecule has 1 saturated heterocycles. The van der Waals surface area contributed by atoms with Gasteiger partial charge in [0.05, 0.1) is 6.61 Å². The zero-order valence-electron chi connectivity index (χ0n) is 12.0. The van der Waals surface area contributed by atoms with Crippen molar-refractivity contribution in [1.82, 2.24) is 15.1 Å². The molecule has 1 saturated carbocycles. The SMILES string of the molecule is CC(CN1CCCCC1)NC(=O)N(CCO)C1CC1. The highest BCUT2D eigenvalue weighted by atomic mass is 16.3. The molecule has 0 bridgehead atoms. The molecule has 0 aromatic heterocycles. The fraction of sp³-hybridized carbons (Fsp3) is 0.929. The summed E-state index contributed by atoms with van der Waals surface area (Å²) in [5.74, 6) is 0. The van der Waals surface area contributed by atoms with Crippen molar-refractivity contribution in [3.63, 3.8) is 0 Å². The van der Waals surface area contributed by atoms with E-state index in [1.807, 2.05) is 0 Å². The topological polar surface area (TPSA) is 55.8 Å². The van der Waals surface area contributed by atoms with Crippen molar-refractivity contribution in [2.45, 2.75) is 51.1 Å². The fourth-order valence-corrected chi connectivity index (χ4v) is 2.81. The Balaban J connectivity index is 1.73. The van der Waals surface area contributed by atoms with Crippen LogP contribution in [0.5, 0.6) is 0 Å². The van der Waals surface area contributed by atoms with Crippen LogP contribution in [-0.2, 0) is 0 Å². The highest BCUT2D eigenvalue weighted by molar-refractivity contribution is 5.75. The number of amides is 2. The lowest BCUT2D eigenvalue weighted by molar-refractivity contribution is 0.163. The average molecular weight is 269 g/mol. The molecule has 19 heavy (non-hydrogen) atoms. The molecule has 1 heterocycles. The van der Waals surface area contributed by atoms with Gasteiger partial charge < -0.3 is 20.2 Å². The smallest absolute Gasteiger partial charge is 0.317 e. The van der Waals surface area contributed by atoms with Gasteiger partial charge in [0.1, 0.15) is 0 Å². The minimum absolute atomic E-state index is 0.0129. The second-order valence-corrected chi connectivity index (χ2v) is 5.86. The lowest BCUT2D eigenvalue weighted by Gasteiger charge is -2.30. The van der Waals surface area contributed by atoms with Gasteiger partial charge in [0, 0.05) is 25.2 Å². The summed E-state index contributed by atoms with van der Waals surface area (Å²) in [5, 5.41) is 12.1. The lowest BCUT2D eigenvalue weighted by Crippen LogP contribution is -2.49. The number of aliphatic hydroxyl groups is 1. The van der Waals surface area contributed by atoms with Crippen molar-refractivity contribution >= 4 is 6.03 Å². The van der Waals surface area contributed by atoms with Crippen LogP contribution in [0.25, 0.3) is 0 Å². The molecule has 1 aliphatic heterocycles. The number of piperidine rings is 1. The molecule has 2 aliphatic rings. The summed E-state index contributed by atoms with van der Waals surface area (Å²) in [6, 6.07) is 0.515. The number of aliphatic hydroxyl groups excluding tert-OH is 1. The molecule has 1 aliphatic carbocycles. The first-order chi connectivity index (χ1) is 9.20. The van der Waals surface area contributed by atoms with Crippen LogP contribution in [0.2, 0.25) is 0 Å². The average Bonchev–Trinajstić information content (AvgIpc) is 3.21. The van der Waals surface area contributed by atoms with Crippen molar-refractivity contribution < 1.29 is 9.90 Å². The van der Waals surface area contributed by atoms with E-state index in [1.54, 1.807) is 4.90 Å². The Labute approximate surface area is 115 Å². The Morgan fingerprint density at radius 3 is 2.63 bits per heavy atom. The van der Waals surface area contributed by atoms with E-state index in [9.17, 15) is 4.79 Å².